The summed E-state index contributed by atoms with van der Waals surface area (Å²) >= 11 is 0. The zero-order chi connectivity index (χ0) is 12.2. The number of nitrogens with zero attached hydrogens (tertiary/aromatic N) is 2. The molecular formula is C10H17F3N2O. The van der Waals surface area contributed by atoms with Crippen molar-refractivity contribution in [1.82, 2.24) is 4.90 Å². The first-order valence-electron chi connectivity index (χ1n) is 5.46. The van der Waals surface area contributed by atoms with Crippen LogP contribution in [0.5, 0.6) is 0 Å². The second kappa shape index (κ2) is 5.52. The van der Waals surface area contributed by atoms with Gasteiger partial charge in [-0.05, 0) is 6.42 Å². The zero-order valence-electron chi connectivity index (χ0n) is 9.30. The molecule has 16 heavy (non-hydrogen) atoms. The average molecular weight is 238 g/mol. The summed E-state index contributed by atoms with van der Waals surface area (Å²) in [5, 5.41) is 11.9. The predicted molar refractivity (Wildman–Crippen MR) is 54.7 cm³/mol. The molecule has 1 unspecified atom stereocenters. The highest BCUT2D eigenvalue weighted by molar-refractivity contribution is 5.87. The van der Waals surface area contributed by atoms with Gasteiger partial charge in [-0.25, -0.2) is 0 Å². The van der Waals surface area contributed by atoms with E-state index in [0.717, 1.165) is 6.42 Å². The van der Waals surface area contributed by atoms with E-state index in [0.29, 0.717) is 25.2 Å². The SMILES string of the molecule is CCC1CN(CCC(F)(F)F)CCC1=NO. The molecular weight excluding hydrogens is 221 g/mol. The molecule has 6 heteroatoms. The van der Waals surface area contributed by atoms with Crippen LogP contribution in [-0.4, -0.2) is 41.6 Å². The van der Waals surface area contributed by atoms with Gasteiger partial charge in [0.15, 0.2) is 0 Å². The number of likely N-dealkylation sites (tertiary alicyclic amines) is 1. The summed E-state index contributed by atoms with van der Waals surface area (Å²) in [7, 11) is 0. The van der Waals surface area contributed by atoms with Crippen molar-refractivity contribution >= 4 is 5.71 Å². The third-order valence-electron chi connectivity index (χ3n) is 2.97. The Morgan fingerprint density at radius 1 is 1.50 bits per heavy atom. The molecule has 0 spiro atoms. The quantitative estimate of drug-likeness (QED) is 0.605. The van der Waals surface area contributed by atoms with Crippen molar-refractivity contribution in [1.29, 1.82) is 0 Å². The summed E-state index contributed by atoms with van der Waals surface area (Å²) in [4.78, 5) is 1.79. The third kappa shape index (κ3) is 4.00. The smallest absolute Gasteiger partial charge is 0.390 e. The maximum Gasteiger partial charge on any atom is 0.390 e. The van der Waals surface area contributed by atoms with Crippen molar-refractivity contribution in [2.24, 2.45) is 11.1 Å². The van der Waals surface area contributed by atoms with Crippen LogP contribution in [0.3, 0.4) is 0 Å². The molecule has 0 radical (unpaired) electrons. The minimum Gasteiger partial charge on any atom is -0.411 e. The van der Waals surface area contributed by atoms with Crippen molar-refractivity contribution in [3.63, 3.8) is 0 Å². The van der Waals surface area contributed by atoms with E-state index in [2.05, 4.69) is 5.16 Å². The van der Waals surface area contributed by atoms with Gasteiger partial charge in [0, 0.05) is 32.0 Å². The van der Waals surface area contributed by atoms with Crippen LogP contribution in [0.1, 0.15) is 26.2 Å². The normalized spacial score (nSPS) is 26.2. The van der Waals surface area contributed by atoms with Gasteiger partial charge >= 0.3 is 6.18 Å². The van der Waals surface area contributed by atoms with Crippen LogP contribution in [0.15, 0.2) is 5.16 Å². The Balaban J connectivity index is 2.42. The third-order valence-corrected chi connectivity index (χ3v) is 2.97. The van der Waals surface area contributed by atoms with Crippen LogP contribution < -0.4 is 0 Å². The first-order valence-corrected chi connectivity index (χ1v) is 5.46. The standard InChI is InChI=1S/C10H17F3N2O/c1-2-8-7-15(5-3-9(8)14-16)6-4-10(11,12)13/h8,16H,2-7H2,1H3. The number of hydrogen-bond acceptors (Lipinski definition) is 3. The molecule has 1 heterocycles. The monoisotopic (exact) mass is 238 g/mol. The fourth-order valence-electron chi connectivity index (χ4n) is 1.97. The number of alkyl halides is 3. The Bertz CT molecular complexity index is 253. The molecule has 1 atom stereocenters. The highest BCUT2D eigenvalue weighted by atomic mass is 19.4. The molecule has 1 fully saturated rings. The second-order valence-corrected chi connectivity index (χ2v) is 4.11. The lowest BCUT2D eigenvalue weighted by Crippen LogP contribution is -2.42. The molecule has 0 amide bonds. The highest BCUT2D eigenvalue weighted by Gasteiger charge is 2.30. The number of rotatable bonds is 3. The fraction of sp³-hybridized carbons (Fsp3) is 0.900. The van der Waals surface area contributed by atoms with E-state index in [9.17, 15) is 13.2 Å². The summed E-state index contributed by atoms with van der Waals surface area (Å²) in [6, 6.07) is 0. The van der Waals surface area contributed by atoms with Gasteiger partial charge in [-0.3, -0.25) is 0 Å². The molecule has 1 rings (SSSR count). The van der Waals surface area contributed by atoms with Crippen molar-refractivity contribution in [2.75, 3.05) is 19.6 Å². The molecule has 94 valence electrons. The summed E-state index contributed by atoms with van der Waals surface area (Å²) < 4.78 is 36.1. The predicted octanol–water partition coefficient (Wildman–Crippen LogP) is 2.50. The lowest BCUT2D eigenvalue weighted by atomic mass is 9.93. The van der Waals surface area contributed by atoms with Gasteiger partial charge in [0.2, 0.25) is 0 Å². The Hall–Kier alpha value is -0.780. The molecule has 0 aromatic heterocycles. The van der Waals surface area contributed by atoms with Gasteiger partial charge < -0.3 is 10.1 Å². The van der Waals surface area contributed by atoms with E-state index < -0.39 is 12.6 Å². The number of piperidine rings is 1. The Kier molecular flexibility index (Phi) is 4.58. The molecule has 1 aliphatic heterocycles. The second-order valence-electron chi connectivity index (χ2n) is 4.11. The molecule has 0 saturated carbocycles. The van der Waals surface area contributed by atoms with Gasteiger partial charge in [-0.2, -0.15) is 13.2 Å². The Labute approximate surface area is 92.9 Å². The van der Waals surface area contributed by atoms with Crippen molar-refractivity contribution in [2.45, 2.75) is 32.4 Å². The van der Waals surface area contributed by atoms with Gasteiger partial charge in [0.1, 0.15) is 0 Å². The minimum atomic E-state index is -4.09. The zero-order valence-corrected chi connectivity index (χ0v) is 9.30. The maximum absolute atomic E-state index is 12.0. The molecule has 0 aromatic carbocycles. The molecule has 1 aliphatic rings. The van der Waals surface area contributed by atoms with E-state index in [1.165, 1.54) is 0 Å². The van der Waals surface area contributed by atoms with Crippen LogP contribution in [0, 0.1) is 5.92 Å². The minimum absolute atomic E-state index is 0.0404. The topological polar surface area (TPSA) is 35.8 Å². The molecule has 1 N–H and O–H groups in total. The summed E-state index contributed by atoms with van der Waals surface area (Å²) in [5.41, 5.74) is 0.714. The van der Waals surface area contributed by atoms with E-state index in [1.807, 2.05) is 6.92 Å². The number of oxime groups is 1. The van der Waals surface area contributed by atoms with E-state index in [-0.39, 0.29) is 12.5 Å². The van der Waals surface area contributed by atoms with E-state index in [4.69, 9.17) is 5.21 Å². The summed E-state index contributed by atoms with van der Waals surface area (Å²) in [6.07, 6.45) is -3.50. The lowest BCUT2D eigenvalue weighted by Gasteiger charge is -2.32. The fourth-order valence-corrected chi connectivity index (χ4v) is 1.97. The Morgan fingerprint density at radius 3 is 2.69 bits per heavy atom. The molecule has 0 aliphatic carbocycles. The highest BCUT2D eigenvalue weighted by Crippen LogP contribution is 2.22. The van der Waals surface area contributed by atoms with E-state index in [1.54, 1.807) is 4.90 Å². The average Bonchev–Trinajstić information content (AvgIpc) is 2.25. The van der Waals surface area contributed by atoms with Crippen LogP contribution in [0.25, 0.3) is 0 Å². The molecule has 3 nitrogen and oxygen atoms in total. The first kappa shape index (κ1) is 13.3. The van der Waals surface area contributed by atoms with Crippen LogP contribution >= 0.6 is 0 Å². The van der Waals surface area contributed by atoms with Gasteiger partial charge in [0.25, 0.3) is 0 Å². The van der Waals surface area contributed by atoms with Crippen molar-refractivity contribution in [3.8, 4) is 0 Å². The van der Waals surface area contributed by atoms with E-state index >= 15 is 0 Å². The van der Waals surface area contributed by atoms with Gasteiger partial charge in [-0.15, -0.1) is 0 Å². The lowest BCUT2D eigenvalue weighted by molar-refractivity contribution is -0.138. The molecule has 0 aromatic rings. The van der Waals surface area contributed by atoms with Gasteiger partial charge in [-0.1, -0.05) is 12.1 Å². The largest absolute Gasteiger partial charge is 0.411 e. The van der Waals surface area contributed by atoms with Crippen LogP contribution in [0.4, 0.5) is 13.2 Å². The van der Waals surface area contributed by atoms with Gasteiger partial charge in [0.05, 0.1) is 12.1 Å². The molecule has 1 saturated heterocycles. The number of halogens is 3. The summed E-state index contributed by atoms with van der Waals surface area (Å²) in [6.45, 7) is 3.10. The van der Waals surface area contributed by atoms with Crippen LogP contribution in [-0.2, 0) is 0 Å². The first-order chi connectivity index (χ1) is 7.46. The van der Waals surface area contributed by atoms with Crippen molar-refractivity contribution in [3.05, 3.63) is 0 Å². The van der Waals surface area contributed by atoms with Crippen molar-refractivity contribution < 1.29 is 18.4 Å². The summed E-state index contributed by atoms with van der Waals surface area (Å²) in [5.74, 6) is 0.0898. The maximum atomic E-state index is 12.0. The molecule has 0 bridgehead atoms. The number of hydrogen-bond donors (Lipinski definition) is 1. The Morgan fingerprint density at radius 2 is 2.19 bits per heavy atom. The van der Waals surface area contributed by atoms with Crippen LogP contribution in [0.2, 0.25) is 0 Å².